The van der Waals surface area contributed by atoms with Crippen molar-refractivity contribution in [2.24, 2.45) is 0 Å². The average Bonchev–Trinajstić information content (AvgIpc) is 2.74. The molecule has 1 heterocycles. The lowest BCUT2D eigenvalue weighted by Gasteiger charge is -2.12. The van der Waals surface area contributed by atoms with Crippen molar-refractivity contribution in [3.8, 4) is 0 Å². The molecule has 2 aromatic rings. The molecule has 3 rings (SSSR count). The molecule has 0 saturated carbocycles. The molecule has 2 N–H and O–H groups in total. The predicted molar refractivity (Wildman–Crippen MR) is 76.1 cm³/mol. The van der Waals surface area contributed by atoms with Gasteiger partial charge in [0.15, 0.2) is 0 Å². The molecule has 96 valence electrons. The lowest BCUT2D eigenvalue weighted by Crippen LogP contribution is -2.27. The molecule has 0 radical (unpaired) electrons. The zero-order valence-corrected chi connectivity index (χ0v) is 10.9. The van der Waals surface area contributed by atoms with Gasteiger partial charge in [-0.25, -0.2) is 0 Å². The van der Waals surface area contributed by atoms with Crippen LogP contribution in [0.5, 0.6) is 0 Å². The van der Waals surface area contributed by atoms with Crippen molar-refractivity contribution in [1.82, 2.24) is 5.32 Å². The maximum absolute atomic E-state index is 11.9. The van der Waals surface area contributed by atoms with Crippen molar-refractivity contribution in [2.45, 2.75) is 12.6 Å². The highest BCUT2D eigenvalue weighted by molar-refractivity contribution is 6.31. The van der Waals surface area contributed by atoms with Gasteiger partial charge in [0.25, 0.3) is 0 Å². The molecule has 19 heavy (non-hydrogen) atoms. The maximum Gasteiger partial charge on any atom is 0.246 e. The van der Waals surface area contributed by atoms with Crippen molar-refractivity contribution in [1.29, 1.82) is 0 Å². The summed E-state index contributed by atoms with van der Waals surface area (Å²) in [7, 11) is 0. The Morgan fingerprint density at radius 2 is 1.84 bits per heavy atom. The molecule has 3 nitrogen and oxygen atoms in total. The molecule has 0 aromatic heterocycles. The monoisotopic (exact) mass is 272 g/mol. The Morgan fingerprint density at radius 3 is 2.68 bits per heavy atom. The largest absolute Gasteiger partial charge is 0.324 e. The molecule has 0 bridgehead atoms. The summed E-state index contributed by atoms with van der Waals surface area (Å²) in [5.41, 5.74) is 2.85. The summed E-state index contributed by atoms with van der Waals surface area (Å²) in [4.78, 5) is 11.9. The molecular weight excluding hydrogens is 260 g/mol. The molecule has 1 amide bonds. The zero-order valence-electron chi connectivity index (χ0n) is 10.2. The number of fused-ring (bicyclic) bond motifs is 1. The summed E-state index contributed by atoms with van der Waals surface area (Å²) in [5.74, 6) is -0.0201. The first-order valence-electron chi connectivity index (χ1n) is 6.12. The fraction of sp³-hybridized carbons (Fsp3) is 0.133. The van der Waals surface area contributed by atoms with Crippen LogP contribution in [0.2, 0.25) is 5.02 Å². The smallest absolute Gasteiger partial charge is 0.246 e. The Bertz CT molecular complexity index is 627. The topological polar surface area (TPSA) is 41.1 Å². The third kappa shape index (κ3) is 2.35. The Balaban J connectivity index is 1.78. The summed E-state index contributed by atoms with van der Waals surface area (Å²) in [5, 5.41) is 6.82. The second-order valence-corrected chi connectivity index (χ2v) is 4.89. The van der Waals surface area contributed by atoms with Crippen LogP contribution in [-0.2, 0) is 11.3 Å². The van der Waals surface area contributed by atoms with Crippen LogP contribution in [0.4, 0.5) is 5.69 Å². The van der Waals surface area contributed by atoms with E-state index in [-0.39, 0.29) is 11.9 Å². The van der Waals surface area contributed by atoms with E-state index in [2.05, 4.69) is 10.6 Å². The van der Waals surface area contributed by atoms with Gasteiger partial charge in [-0.3, -0.25) is 10.1 Å². The first-order chi connectivity index (χ1) is 9.25. The van der Waals surface area contributed by atoms with Crippen molar-refractivity contribution in [3.05, 3.63) is 64.7 Å². The predicted octanol–water partition coefficient (Wildman–Crippen LogP) is 3.12. The minimum atomic E-state index is -0.313. The first-order valence-corrected chi connectivity index (χ1v) is 6.50. The maximum atomic E-state index is 11.9. The van der Waals surface area contributed by atoms with E-state index in [1.807, 2.05) is 48.5 Å². The molecule has 4 heteroatoms. The van der Waals surface area contributed by atoms with Gasteiger partial charge < -0.3 is 5.32 Å². The number of carbonyl (C=O) groups is 1. The molecule has 1 atom stereocenters. The van der Waals surface area contributed by atoms with Gasteiger partial charge in [-0.15, -0.1) is 0 Å². The molecule has 1 aliphatic heterocycles. The molecular formula is C15H13ClN2O. The molecule has 0 spiro atoms. The highest BCUT2D eigenvalue weighted by atomic mass is 35.5. The quantitative estimate of drug-likeness (QED) is 0.901. The second kappa shape index (κ2) is 5.03. The Hall–Kier alpha value is -1.84. The number of benzene rings is 2. The van der Waals surface area contributed by atoms with Crippen molar-refractivity contribution in [2.75, 3.05) is 5.32 Å². The number of halogens is 1. The summed E-state index contributed by atoms with van der Waals surface area (Å²) in [6.07, 6.45) is 0. The second-order valence-electron chi connectivity index (χ2n) is 4.48. The number of carbonyl (C=O) groups excluding carboxylic acids is 1. The number of rotatable bonds is 3. The number of amides is 1. The van der Waals surface area contributed by atoms with Crippen LogP contribution in [0.15, 0.2) is 48.5 Å². The highest BCUT2D eigenvalue weighted by Crippen LogP contribution is 2.30. The van der Waals surface area contributed by atoms with Crippen LogP contribution in [0.25, 0.3) is 0 Å². The standard InChI is InChI=1S/C15H13ClN2O/c16-12-7-3-1-5-10(12)9-17-14-11-6-2-4-8-13(11)18-15(14)19/h1-8,14,17H,9H2,(H,18,19). The molecule has 0 aliphatic carbocycles. The number of nitrogens with one attached hydrogen (secondary N) is 2. The fourth-order valence-electron chi connectivity index (χ4n) is 2.27. The number of anilines is 1. The van der Waals surface area contributed by atoms with Gasteiger partial charge in [0.1, 0.15) is 6.04 Å². The van der Waals surface area contributed by atoms with Crippen molar-refractivity contribution in [3.63, 3.8) is 0 Å². The van der Waals surface area contributed by atoms with Crippen molar-refractivity contribution >= 4 is 23.2 Å². The highest BCUT2D eigenvalue weighted by Gasteiger charge is 2.29. The SMILES string of the molecule is O=C1Nc2ccccc2C1NCc1ccccc1Cl. The van der Waals surface area contributed by atoms with Gasteiger partial charge in [0, 0.05) is 22.8 Å². The van der Waals surface area contributed by atoms with E-state index >= 15 is 0 Å². The van der Waals surface area contributed by atoms with Crippen LogP contribution >= 0.6 is 11.6 Å². The van der Waals surface area contributed by atoms with Gasteiger partial charge in [0.2, 0.25) is 5.91 Å². The molecule has 2 aromatic carbocycles. The summed E-state index contributed by atoms with van der Waals surface area (Å²) in [6.45, 7) is 0.562. The van der Waals surface area contributed by atoms with Crippen LogP contribution in [-0.4, -0.2) is 5.91 Å². The van der Waals surface area contributed by atoms with E-state index in [1.165, 1.54) is 0 Å². The Labute approximate surface area is 116 Å². The third-order valence-corrected chi connectivity index (χ3v) is 3.62. The first kappa shape index (κ1) is 12.2. The molecule has 0 fully saturated rings. The molecule has 0 saturated heterocycles. The van der Waals surface area contributed by atoms with Gasteiger partial charge in [-0.05, 0) is 17.7 Å². The zero-order chi connectivity index (χ0) is 13.2. The van der Waals surface area contributed by atoms with Crippen LogP contribution in [0, 0.1) is 0 Å². The van der Waals surface area contributed by atoms with E-state index in [1.54, 1.807) is 0 Å². The van der Waals surface area contributed by atoms with E-state index in [0.29, 0.717) is 11.6 Å². The summed E-state index contributed by atoms with van der Waals surface area (Å²) in [6, 6.07) is 15.0. The minimum absolute atomic E-state index is 0.0201. The lowest BCUT2D eigenvalue weighted by molar-refractivity contribution is -0.117. The van der Waals surface area contributed by atoms with Crippen LogP contribution in [0.1, 0.15) is 17.2 Å². The van der Waals surface area contributed by atoms with E-state index < -0.39 is 0 Å². The number of hydrogen-bond acceptors (Lipinski definition) is 2. The van der Waals surface area contributed by atoms with Gasteiger partial charge in [-0.1, -0.05) is 48.0 Å². The van der Waals surface area contributed by atoms with E-state index in [4.69, 9.17) is 11.6 Å². The fourth-order valence-corrected chi connectivity index (χ4v) is 2.47. The van der Waals surface area contributed by atoms with Crippen LogP contribution < -0.4 is 10.6 Å². The van der Waals surface area contributed by atoms with E-state index in [0.717, 1.165) is 16.8 Å². The summed E-state index contributed by atoms with van der Waals surface area (Å²) >= 11 is 6.11. The summed E-state index contributed by atoms with van der Waals surface area (Å²) < 4.78 is 0. The van der Waals surface area contributed by atoms with Gasteiger partial charge >= 0.3 is 0 Å². The number of hydrogen-bond donors (Lipinski definition) is 2. The lowest BCUT2D eigenvalue weighted by atomic mass is 10.1. The normalized spacial score (nSPS) is 17.1. The number of para-hydroxylation sites is 1. The Morgan fingerprint density at radius 1 is 1.11 bits per heavy atom. The Kier molecular flexibility index (Phi) is 3.23. The third-order valence-electron chi connectivity index (χ3n) is 3.25. The van der Waals surface area contributed by atoms with Crippen molar-refractivity contribution < 1.29 is 4.79 Å². The molecule has 1 aliphatic rings. The van der Waals surface area contributed by atoms with Gasteiger partial charge in [0.05, 0.1) is 0 Å². The van der Waals surface area contributed by atoms with Crippen LogP contribution in [0.3, 0.4) is 0 Å². The van der Waals surface area contributed by atoms with Gasteiger partial charge in [-0.2, -0.15) is 0 Å². The average molecular weight is 273 g/mol. The van der Waals surface area contributed by atoms with E-state index in [9.17, 15) is 4.79 Å². The molecule has 1 unspecified atom stereocenters. The minimum Gasteiger partial charge on any atom is -0.324 e.